The van der Waals surface area contributed by atoms with Crippen LogP contribution < -0.4 is 4.90 Å². The van der Waals surface area contributed by atoms with E-state index < -0.39 is 0 Å². The first-order valence-corrected chi connectivity index (χ1v) is 19.7. The number of rotatable bonds is 6. The predicted molar refractivity (Wildman–Crippen MR) is 232 cm³/mol. The Balaban J connectivity index is 1.13. The van der Waals surface area contributed by atoms with Crippen molar-refractivity contribution in [3.8, 4) is 44.5 Å². The summed E-state index contributed by atoms with van der Waals surface area (Å²) in [6, 6.07) is 61.0. The lowest BCUT2D eigenvalue weighted by molar-refractivity contribution is 0.660. The number of anilines is 2. The molecule has 0 amide bonds. The fraction of sp³-hybridized carbons (Fsp3) is 0.148. The maximum Gasteiger partial charge on any atom is 0.0468 e. The van der Waals surface area contributed by atoms with E-state index in [1.54, 1.807) is 0 Å². The summed E-state index contributed by atoms with van der Waals surface area (Å²) in [5, 5.41) is 0. The highest BCUT2D eigenvalue weighted by Gasteiger charge is 2.37. The van der Waals surface area contributed by atoms with Crippen LogP contribution in [-0.2, 0) is 10.8 Å². The van der Waals surface area contributed by atoms with E-state index in [2.05, 4.69) is 215 Å². The molecule has 0 aliphatic heterocycles. The van der Waals surface area contributed by atoms with Crippen LogP contribution in [0.15, 0.2) is 188 Å². The van der Waals surface area contributed by atoms with Gasteiger partial charge in [-0.25, -0.2) is 0 Å². The molecule has 1 heteroatoms. The summed E-state index contributed by atoms with van der Waals surface area (Å²) in [4.78, 5) is 2.48. The third-order valence-electron chi connectivity index (χ3n) is 12.6. The number of hydrogen-bond donors (Lipinski definition) is 0. The van der Waals surface area contributed by atoms with E-state index in [9.17, 15) is 0 Å². The van der Waals surface area contributed by atoms with Crippen LogP contribution in [0.4, 0.5) is 11.4 Å². The zero-order chi connectivity index (χ0) is 37.3. The molecule has 0 heterocycles. The summed E-state index contributed by atoms with van der Waals surface area (Å²) in [5.41, 5.74) is 20.6. The zero-order valence-electron chi connectivity index (χ0n) is 32.1. The largest absolute Gasteiger partial charge is 0.311 e. The molecule has 0 radical (unpaired) electrons. The minimum Gasteiger partial charge on any atom is -0.311 e. The predicted octanol–water partition coefficient (Wildman–Crippen LogP) is 14.4. The van der Waals surface area contributed by atoms with Gasteiger partial charge in [0.1, 0.15) is 0 Å². The van der Waals surface area contributed by atoms with Crippen molar-refractivity contribution < 1.29 is 0 Å². The molecule has 7 aromatic rings. The number of hydrogen-bond acceptors (Lipinski definition) is 1. The molecule has 55 heavy (non-hydrogen) atoms. The average molecular weight is 708 g/mol. The van der Waals surface area contributed by atoms with Crippen LogP contribution in [0, 0.1) is 0 Å². The van der Waals surface area contributed by atoms with Gasteiger partial charge >= 0.3 is 0 Å². The monoisotopic (exact) mass is 707 g/mol. The molecule has 0 spiro atoms. The van der Waals surface area contributed by atoms with Crippen LogP contribution in [0.25, 0.3) is 44.5 Å². The van der Waals surface area contributed by atoms with Crippen LogP contribution in [0.5, 0.6) is 0 Å². The van der Waals surface area contributed by atoms with Crippen molar-refractivity contribution in [2.24, 2.45) is 0 Å². The Bertz CT molecular complexity index is 2670. The highest BCUT2D eigenvalue weighted by atomic mass is 15.1. The Hall–Kier alpha value is -6.18. The van der Waals surface area contributed by atoms with Gasteiger partial charge in [-0.1, -0.05) is 173 Å². The fourth-order valence-corrected chi connectivity index (χ4v) is 9.65. The van der Waals surface area contributed by atoms with Crippen molar-refractivity contribution >= 4 is 11.4 Å². The van der Waals surface area contributed by atoms with E-state index in [0.717, 1.165) is 12.1 Å². The van der Waals surface area contributed by atoms with Gasteiger partial charge in [0, 0.05) is 33.8 Å². The molecule has 7 aromatic carbocycles. The minimum absolute atomic E-state index is 0.0655. The van der Waals surface area contributed by atoms with Crippen molar-refractivity contribution in [3.63, 3.8) is 0 Å². The second-order valence-corrected chi connectivity index (χ2v) is 16.5. The maximum atomic E-state index is 2.48. The quantitative estimate of drug-likeness (QED) is 0.166. The molecule has 0 saturated carbocycles. The summed E-state index contributed by atoms with van der Waals surface area (Å²) in [7, 11) is 0. The Morgan fingerprint density at radius 1 is 0.436 bits per heavy atom. The van der Waals surface area contributed by atoms with Gasteiger partial charge in [0.2, 0.25) is 0 Å². The van der Waals surface area contributed by atoms with Crippen molar-refractivity contribution in [1.82, 2.24) is 0 Å². The molecular weight excluding hydrogens is 663 g/mol. The van der Waals surface area contributed by atoms with E-state index in [1.807, 2.05) is 0 Å². The number of nitrogens with zero attached hydrogens (tertiary/aromatic N) is 1. The third kappa shape index (κ3) is 5.36. The van der Waals surface area contributed by atoms with Crippen LogP contribution >= 0.6 is 0 Å². The highest BCUT2D eigenvalue weighted by Crippen LogP contribution is 2.52. The second-order valence-electron chi connectivity index (χ2n) is 16.5. The molecule has 10 rings (SSSR count). The first-order valence-electron chi connectivity index (χ1n) is 19.7. The Morgan fingerprint density at radius 3 is 1.60 bits per heavy atom. The van der Waals surface area contributed by atoms with Crippen LogP contribution in [0.1, 0.15) is 67.9 Å². The lowest BCUT2D eigenvalue weighted by atomic mass is 9.81. The van der Waals surface area contributed by atoms with Crippen molar-refractivity contribution in [2.75, 3.05) is 4.90 Å². The summed E-state index contributed by atoms with van der Waals surface area (Å²) >= 11 is 0. The van der Waals surface area contributed by atoms with Crippen LogP contribution in [-0.4, -0.2) is 0 Å². The topological polar surface area (TPSA) is 3.24 Å². The minimum atomic E-state index is -0.0944. The molecule has 0 bridgehead atoms. The number of allylic oxidation sites excluding steroid dienone is 3. The summed E-state index contributed by atoms with van der Waals surface area (Å²) in [6.45, 7) is 9.47. The second kappa shape index (κ2) is 12.7. The Morgan fingerprint density at radius 2 is 0.964 bits per heavy atom. The van der Waals surface area contributed by atoms with Gasteiger partial charge < -0.3 is 4.90 Å². The highest BCUT2D eigenvalue weighted by molar-refractivity contribution is 5.91. The molecule has 3 aliphatic carbocycles. The lowest BCUT2D eigenvalue weighted by Gasteiger charge is -2.31. The van der Waals surface area contributed by atoms with E-state index in [1.165, 1.54) is 83.7 Å². The molecule has 0 aromatic heterocycles. The number of benzene rings is 7. The van der Waals surface area contributed by atoms with Gasteiger partial charge in [-0.05, 0) is 115 Å². The van der Waals surface area contributed by atoms with Gasteiger partial charge in [0.25, 0.3) is 0 Å². The standard InChI is InChI=1S/C54H45N/c1-53(2)49-21-13-11-19-44(49)46-30-25-39(33-51(46)53)43-31-28-41(34-48(43)38-17-9-6-10-18-38)55(40-26-23-37(24-27-40)36-15-7-5-8-16-36)42-29-32-47-45-20-12-14-22-50(45)54(3,4)52(47)35-42/h5-23,25-35,37H,24H2,1-4H3. The van der Waals surface area contributed by atoms with Crippen LogP contribution in [0.2, 0.25) is 0 Å². The summed E-state index contributed by atoms with van der Waals surface area (Å²) in [5.74, 6) is 0.359. The van der Waals surface area contributed by atoms with Crippen molar-refractivity contribution in [2.45, 2.75) is 50.9 Å². The molecule has 0 N–H and O–H groups in total. The van der Waals surface area contributed by atoms with E-state index in [-0.39, 0.29) is 10.8 Å². The number of fused-ring (bicyclic) bond motifs is 6. The zero-order valence-corrected chi connectivity index (χ0v) is 32.1. The Labute approximate surface area is 326 Å². The van der Waals surface area contributed by atoms with Crippen molar-refractivity contribution in [1.29, 1.82) is 0 Å². The van der Waals surface area contributed by atoms with Gasteiger partial charge in [0.15, 0.2) is 0 Å². The van der Waals surface area contributed by atoms with E-state index in [0.29, 0.717) is 5.92 Å². The molecule has 266 valence electrons. The molecule has 3 aliphatic rings. The normalized spacial score (nSPS) is 16.8. The molecule has 0 fully saturated rings. The summed E-state index contributed by atoms with van der Waals surface area (Å²) in [6.07, 6.45) is 8.11. The maximum absolute atomic E-state index is 2.48. The van der Waals surface area contributed by atoms with E-state index >= 15 is 0 Å². The average Bonchev–Trinajstić information content (AvgIpc) is 3.61. The third-order valence-corrected chi connectivity index (χ3v) is 12.6. The molecule has 0 saturated heterocycles. The molecule has 1 nitrogen and oxygen atoms in total. The van der Waals surface area contributed by atoms with Gasteiger partial charge in [-0.2, -0.15) is 0 Å². The Kier molecular flexibility index (Phi) is 7.72. The first-order chi connectivity index (χ1) is 26.8. The summed E-state index contributed by atoms with van der Waals surface area (Å²) < 4.78 is 0. The van der Waals surface area contributed by atoms with Gasteiger partial charge in [-0.3, -0.25) is 0 Å². The molecule has 1 unspecified atom stereocenters. The lowest BCUT2D eigenvalue weighted by Crippen LogP contribution is -2.19. The van der Waals surface area contributed by atoms with Crippen LogP contribution in [0.3, 0.4) is 0 Å². The molecular formula is C54H45N. The van der Waals surface area contributed by atoms with Gasteiger partial charge in [0.05, 0.1) is 0 Å². The fourth-order valence-electron chi connectivity index (χ4n) is 9.65. The SMILES string of the molecule is CC1(C)c2ccccc2-c2ccc(-c3ccc(N(C4=CCC(c5ccccc5)C=C4)c4ccc5c(c4)C(C)(C)c4ccccc4-5)cc3-c3ccccc3)cc21. The van der Waals surface area contributed by atoms with Gasteiger partial charge in [-0.15, -0.1) is 0 Å². The van der Waals surface area contributed by atoms with E-state index in [4.69, 9.17) is 0 Å². The smallest absolute Gasteiger partial charge is 0.0468 e. The van der Waals surface area contributed by atoms with Crippen molar-refractivity contribution in [3.05, 3.63) is 216 Å². The molecule has 1 atom stereocenters. The first kappa shape index (κ1) is 33.4.